The Morgan fingerprint density at radius 1 is 1.39 bits per heavy atom. The van der Waals surface area contributed by atoms with Gasteiger partial charge in [-0.3, -0.25) is 4.79 Å². The van der Waals surface area contributed by atoms with E-state index >= 15 is 0 Å². The molecule has 1 fully saturated rings. The van der Waals surface area contributed by atoms with Crippen LogP contribution in [0, 0.1) is 0 Å². The molecule has 1 N–H and O–H groups in total. The van der Waals surface area contributed by atoms with Crippen molar-refractivity contribution in [3.05, 3.63) is 29.8 Å². The fraction of sp³-hybridized carbons (Fsp3) is 0.364. The third-order valence-electron chi connectivity index (χ3n) is 2.94. The van der Waals surface area contributed by atoms with Crippen LogP contribution in [0.3, 0.4) is 0 Å². The van der Waals surface area contributed by atoms with E-state index in [0.717, 1.165) is 0 Å². The fourth-order valence-corrected chi connectivity index (χ4v) is 2.67. The van der Waals surface area contributed by atoms with E-state index in [-0.39, 0.29) is 19.6 Å². The second kappa shape index (κ2) is 4.66. The molecule has 98 valence electrons. The third-order valence-corrected chi connectivity index (χ3v) is 4.05. The molecule has 1 unspecified atom stereocenters. The van der Waals surface area contributed by atoms with E-state index in [2.05, 4.69) is 0 Å². The molecule has 18 heavy (non-hydrogen) atoms. The molecule has 1 aromatic carbocycles. The van der Waals surface area contributed by atoms with E-state index in [1.807, 2.05) is 0 Å². The molecule has 1 atom stereocenters. The first kappa shape index (κ1) is 13.0. The van der Waals surface area contributed by atoms with Gasteiger partial charge in [-0.25, -0.2) is 0 Å². The molecule has 0 bridgehead atoms. The third kappa shape index (κ3) is 2.37. The van der Waals surface area contributed by atoms with Crippen molar-refractivity contribution in [2.24, 2.45) is 0 Å². The molecule has 1 aliphatic rings. The molecule has 1 aliphatic heterocycles. The Balaban J connectivity index is 2.33. The summed E-state index contributed by atoms with van der Waals surface area (Å²) in [6.07, 6.45) is -0.363. The topological polar surface area (TPSA) is 74.7 Å². The summed E-state index contributed by atoms with van der Waals surface area (Å²) in [5.41, 5.74) is 0.930. The Hall–Kier alpha value is -1.47. The number of para-hydroxylation sites is 1. The van der Waals surface area contributed by atoms with Gasteiger partial charge in [0.25, 0.3) is 0 Å². The predicted molar refractivity (Wildman–Crippen MR) is 63.2 cm³/mol. The highest BCUT2D eigenvalue weighted by Crippen LogP contribution is 2.28. The number of rotatable bonds is 3. The highest BCUT2D eigenvalue weighted by atomic mass is 32.3. The van der Waals surface area contributed by atoms with Crippen LogP contribution >= 0.6 is 0 Å². The summed E-state index contributed by atoms with van der Waals surface area (Å²) in [4.78, 5) is 12.9. The summed E-state index contributed by atoms with van der Waals surface area (Å²) in [5.74, 6) is -0.456. The van der Waals surface area contributed by atoms with Crippen molar-refractivity contribution in [2.45, 2.75) is 18.3 Å². The lowest BCUT2D eigenvalue weighted by Gasteiger charge is -2.19. The lowest BCUT2D eigenvalue weighted by molar-refractivity contribution is -0.117. The lowest BCUT2D eigenvalue weighted by Crippen LogP contribution is -2.27. The highest BCUT2D eigenvalue weighted by molar-refractivity contribution is 7.87. The monoisotopic (exact) mass is 273 g/mol. The van der Waals surface area contributed by atoms with Gasteiger partial charge in [0.05, 0.1) is 6.61 Å². The number of amides is 1. The van der Waals surface area contributed by atoms with Gasteiger partial charge in [-0.15, -0.1) is 3.89 Å². The molecule has 1 heterocycles. The fourth-order valence-electron chi connectivity index (χ4n) is 2.00. The number of aliphatic hydroxyl groups excluding tert-OH is 1. The van der Waals surface area contributed by atoms with Crippen molar-refractivity contribution in [1.82, 2.24) is 0 Å². The molecule has 1 amide bonds. The summed E-state index contributed by atoms with van der Waals surface area (Å²) >= 11 is 0. The van der Waals surface area contributed by atoms with Crippen molar-refractivity contribution in [2.75, 3.05) is 11.4 Å². The molecule has 2 rings (SSSR count). The van der Waals surface area contributed by atoms with Gasteiger partial charge in [0.1, 0.15) is 5.25 Å². The number of nitrogens with zero attached hydrogens (tertiary/aromatic N) is 1. The first-order valence-corrected chi connectivity index (χ1v) is 6.80. The number of halogens is 1. The number of carbonyl (C=O) groups is 1. The highest BCUT2D eigenvalue weighted by Gasteiger charge is 2.39. The Labute approximate surface area is 104 Å². The first-order valence-electron chi connectivity index (χ1n) is 5.36. The quantitative estimate of drug-likeness (QED) is 0.818. The Bertz CT molecular complexity index is 572. The molecule has 0 aromatic heterocycles. The van der Waals surface area contributed by atoms with Crippen LogP contribution in [0.1, 0.15) is 12.0 Å². The van der Waals surface area contributed by atoms with E-state index in [4.69, 9.17) is 5.11 Å². The minimum Gasteiger partial charge on any atom is -0.392 e. The molecule has 7 heteroatoms. The zero-order valence-electron chi connectivity index (χ0n) is 9.41. The summed E-state index contributed by atoms with van der Waals surface area (Å²) in [5, 5.41) is 7.84. The number of hydrogen-bond acceptors (Lipinski definition) is 4. The van der Waals surface area contributed by atoms with Gasteiger partial charge in [-0.05, 0) is 6.07 Å². The molecule has 0 spiro atoms. The Morgan fingerprint density at radius 2 is 2.06 bits per heavy atom. The molecular formula is C11H12FNO4S. The molecule has 0 aliphatic carbocycles. The molecular weight excluding hydrogens is 261 g/mol. The van der Waals surface area contributed by atoms with Crippen molar-refractivity contribution in [3.8, 4) is 0 Å². The minimum atomic E-state index is -4.72. The molecule has 0 radical (unpaired) electrons. The van der Waals surface area contributed by atoms with E-state index in [1.54, 1.807) is 24.3 Å². The van der Waals surface area contributed by atoms with Crippen molar-refractivity contribution < 1.29 is 22.2 Å². The molecule has 0 saturated carbocycles. The minimum absolute atomic E-state index is 0.214. The van der Waals surface area contributed by atoms with Gasteiger partial charge in [0, 0.05) is 24.2 Å². The number of hydrogen-bond donors (Lipinski definition) is 1. The maximum Gasteiger partial charge on any atom is 0.307 e. The zero-order chi connectivity index (χ0) is 13.3. The molecule has 1 saturated heterocycles. The van der Waals surface area contributed by atoms with Gasteiger partial charge >= 0.3 is 10.2 Å². The van der Waals surface area contributed by atoms with Gasteiger partial charge in [-0.1, -0.05) is 18.2 Å². The van der Waals surface area contributed by atoms with Crippen LogP contribution in [0.2, 0.25) is 0 Å². The van der Waals surface area contributed by atoms with Crippen LogP contribution in [0.5, 0.6) is 0 Å². The summed E-state index contributed by atoms with van der Waals surface area (Å²) in [7, 11) is -4.72. The summed E-state index contributed by atoms with van der Waals surface area (Å²) in [6, 6.07) is 6.58. The molecule has 5 nitrogen and oxygen atoms in total. The second-order valence-electron chi connectivity index (χ2n) is 4.09. The number of anilines is 1. The van der Waals surface area contributed by atoms with Crippen LogP contribution in [-0.4, -0.2) is 31.2 Å². The average Bonchev–Trinajstić information content (AvgIpc) is 2.71. The van der Waals surface area contributed by atoms with Crippen molar-refractivity contribution >= 4 is 21.8 Å². The summed E-state index contributed by atoms with van der Waals surface area (Å²) < 4.78 is 34.5. The Morgan fingerprint density at radius 3 is 2.61 bits per heavy atom. The smallest absolute Gasteiger partial charge is 0.307 e. The maximum atomic E-state index is 12.9. The Kier molecular flexibility index (Phi) is 3.36. The maximum absolute atomic E-state index is 12.9. The number of carbonyl (C=O) groups excluding carboxylic acids is 1. The van der Waals surface area contributed by atoms with Crippen LogP contribution in [0.4, 0.5) is 9.57 Å². The normalized spacial score (nSPS) is 20.4. The van der Waals surface area contributed by atoms with Gasteiger partial charge in [0.15, 0.2) is 0 Å². The van der Waals surface area contributed by atoms with E-state index in [0.29, 0.717) is 11.3 Å². The predicted octanol–water partition coefficient (Wildman–Crippen LogP) is 0.584. The van der Waals surface area contributed by atoms with Gasteiger partial charge in [0.2, 0.25) is 5.91 Å². The van der Waals surface area contributed by atoms with Crippen LogP contribution in [0.15, 0.2) is 24.3 Å². The van der Waals surface area contributed by atoms with Crippen molar-refractivity contribution in [1.29, 1.82) is 0 Å². The van der Waals surface area contributed by atoms with Crippen LogP contribution in [0.25, 0.3) is 0 Å². The van der Waals surface area contributed by atoms with E-state index in [9.17, 15) is 17.1 Å². The summed E-state index contributed by atoms with van der Waals surface area (Å²) in [6.45, 7) is -0.484. The zero-order valence-corrected chi connectivity index (χ0v) is 10.2. The van der Waals surface area contributed by atoms with Crippen LogP contribution in [-0.2, 0) is 21.6 Å². The van der Waals surface area contributed by atoms with Crippen LogP contribution < -0.4 is 4.90 Å². The standard InChI is InChI=1S/C11H12FNO4S/c12-18(16,17)9-5-11(15)13(6-9)10-4-2-1-3-8(10)7-14/h1-4,9,14H,5-7H2. The lowest BCUT2D eigenvalue weighted by atomic mass is 10.2. The first-order chi connectivity index (χ1) is 8.43. The van der Waals surface area contributed by atoms with E-state index < -0.39 is 21.4 Å². The van der Waals surface area contributed by atoms with Gasteiger partial charge in [-0.2, -0.15) is 8.42 Å². The van der Waals surface area contributed by atoms with Crippen molar-refractivity contribution in [3.63, 3.8) is 0 Å². The molecule has 1 aromatic rings. The average molecular weight is 273 g/mol. The number of aliphatic hydroxyl groups is 1. The van der Waals surface area contributed by atoms with E-state index in [1.165, 1.54) is 4.90 Å². The van der Waals surface area contributed by atoms with Gasteiger partial charge < -0.3 is 10.0 Å². The number of benzene rings is 1. The SMILES string of the molecule is O=C1CC(S(=O)(=O)F)CN1c1ccccc1CO. The largest absolute Gasteiger partial charge is 0.392 e. The second-order valence-corrected chi connectivity index (χ2v) is 5.71.